The number of sulfonamides is 1. The first kappa shape index (κ1) is 20.8. The maximum Gasteiger partial charge on any atom is 0.243 e. The number of halogens is 2. The van der Waals surface area contributed by atoms with E-state index < -0.39 is 40.7 Å². The number of hydrogen-bond acceptors (Lipinski definition) is 4. The third-order valence-corrected chi connectivity index (χ3v) is 5.13. The van der Waals surface area contributed by atoms with E-state index in [9.17, 15) is 22.4 Å². The van der Waals surface area contributed by atoms with Gasteiger partial charge in [-0.05, 0) is 31.2 Å². The Bertz CT molecular complexity index is 949. The molecule has 0 aromatic heterocycles. The van der Waals surface area contributed by atoms with Crippen LogP contribution >= 0.6 is 11.6 Å². The first-order valence-corrected chi connectivity index (χ1v) is 9.62. The summed E-state index contributed by atoms with van der Waals surface area (Å²) in [6, 6.07) is 10.2. The highest BCUT2D eigenvalue weighted by molar-refractivity contribution is 7.89. The number of rotatable bonds is 7. The fourth-order valence-electron chi connectivity index (χ4n) is 2.00. The maximum absolute atomic E-state index is 13.7. The highest BCUT2D eigenvalue weighted by Gasteiger charge is 2.16. The summed E-state index contributed by atoms with van der Waals surface area (Å²) in [4.78, 5) is 23.5. The number of hydrogen-bond donors (Lipinski definition) is 3. The van der Waals surface area contributed by atoms with E-state index >= 15 is 0 Å². The van der Waals surface area contributed by atoms with Crippen molar-refractivity contribution in [2.45, 2.75) is 11.8 Å². The number of carbonyl (C=O) groups is 2. The Morgan fingerprint density at radius 1 is 1.04 bits per heavy atom. The molecule has 0 fully saturated rings. The Morgan fingerprint density at radius 3 is 2.37 bits per heavy atom. The molecule has 0 aliphatic heterocycles. The molecule has 0 bridgehead atoms. The predicted octanol–water partition coefficient (Wildman–Crippen LogP) is 1.82. The molecule has 2 aromatic rings. The second-order valence-corrected chi connectivity index (χ2v) is 7.74. The Morgan fingerprint density at radius 2 is 1.70 bits per heavy atom. The zero-order valence-electron chi connectivity index (χ0n) is 14.3. The SMILES string of the molecule is Cc1ccc(S(=O)(=O)NCC(=O)NCC(=O)Nc2cccc(Cl)c2F)cc1. The van der Waals surface area contributed by atoms with Gasteiger partial charge in [0.25, 0.3) is 0 Å². The number of benzene rings is 2. The van der Waals surface area contributed by atoms with Crippen LogP contribution in [0.25, 0.3) is 0 Å². The summed E-state index contributed by atoms with van der Waals surface area (Å²) in [5.41, 5.74) is 0.774. The van der Waals surface area contributed by atoms with Gasteiger partial charge in [0, 0.05) is 0 Å². The number of amides is 2. The van der Waals surface area contributed by atoms with Crippen molar-refractivity contribution < 1.29 is 22.4 Å². The molecule has 0 saturated carbocycles. The van der Waals surface area contributed by atoms with Crippen molar-refractivity contribution in [1.82, 2.24) is 10.0 Å². The van der Waals surface area contributed by atoms with E-state index in [4.69, 9.17) is 11.6 Å². The van der Waals surface area contributed by atoms with Crippen molar-refractivity contribution in [2.24, 2.45) is 0 Å². The van der Waals surface area contributed by atoms with Gasteiger partial charge in [0.2, 0.25) is 21.8 Å². The molecular formula is C17H17ClFN3O4S. The smallest absolute Gasteiger partial charge is 0.243 e. The zero-order chi connectivity index (χ0) is 20.0. The monoisotopic (exact) mass is 413 g/mol. The minimum absolute atomic E-state index is 0.0232. The van der Waals surface area contributed by atoms with Crippen molar-refractivity contribution in [3.05, 3.63) is 58.9 Å². The molecule has 10 heteroatoms. The van der Waals surface area contributed by atoms with Crippen LogP contribution < -0.4 is 15.4 Å². The molecule has 2 rings (SSSR count). The predicted molar refractivity (Wildman–Crippen MR) is 99.4 cm³/mol. The standard InChI is InChI=1S/C17H17ClFN3O4S/c1-11-5-7-12(8-6-11)27(25,26)21-10-15(23)20-9-16(24)22-14-4-2-3-13(18)17(14)19/h2-8,21H,9-10H2,1H3,(H,20,23)(H,22,24). The van der Waals surface area contributed by atoms with Crippen molar-refractivity contribution >= 4 is 39.1 Å². The van der Waals surface area contributed by atoms with Gasteiger partial charge in [-0.15, -0.1) is 0 Å². The van der Waals surface area contributed by atoms with Gasteiger partial charge in [0.1, 0.15) is 0 Å². The van der Waals surface area contributed by atoms with Gasteiger partial charge < -0.3 is 10.6 Å². The lowest BCUT2D eigenvalue weighted by atomic mass is 10.2. The third kappa shape index (κ3) is 6.02. The minimum Gasteiger partial charge on any atom is -0.346 e. The van der Waals surface area contributed by atoms with E-state index in [2.05, 4.69) is 15.4 Å². The largest absolute Gasteiger partial charge is 0.346 e. The third-order valence-electron chi connectivity index (χ3n) is 3.43. The molecule has 0 heterocycles. The average Bonchev–Trinajstić information content (AvgIpc) is 2.62. The van der Waals surface area contributed by atoms with E-state index in [1.165, 1.54) is 30.3 Å². The summed E-state index contributed by atoms with van der Waals surface area (Å²) in [7, 11) is -3.85. The van der Waals surface area contributed by atoms with E-state index in [1.54, 1.807) is 12.1 Å². The van der Waals surface area contributed by atoms with Crippen LogP contribution in [0.5, 0.6) is 0 Å². The fourth-order valence-corrected chi connectivity index (χ4v) is 3.15. The van der Waals surface area contributed by atoms with Gasteiger partial charge in [-0.3, -0.25) is 9.59 Å². The molecule has 144 valence electrons. The first-order chi connectivity index (χ1) is 12.7. The number of anilines is 1. The Hall–Kier alpha value is -2.49. The van der Waals surface area contributed by atoms with Crippen molar-refractivity contribution in [3.63, 3.8) is 0 Å². The summed E-state index contributed by atoms with van der Waals surface area (Å²) in [6.45, 7) is 0.809. The Balaban J connectivity index is 1.82. The molecule has 7 nitrogen and oxygen atoms in total. The fraction of sp³-hybridized carbons (Fsp3) is 0.176. The van der Waals surface area contributed by atoms with Crippen LogP contribution in [0.2, 0.25) is 5.02 Å². The molecule has 3 N–H and O–H groups in total. The zero-order valence-corrected chi connectivity index (χ0v) is 15.8. The molecule has 0 aliphatic rings. The van der Waals surface area contributed by atoms with Crippen LogP contribution in [0.15, 0.2) is 47.4 Å². The van der Waals surface area contributed by atoms with Crippen LogP contribution in [-0.2, 0) is 19.6 Å². The first-order valence-electron chi connectivity index (χ1n) is 7.76. The normalized spacial score (nSPS) is 11.1. The lowest BCUT2D eigenvalue weighted by Crippen LogP contribution is -2.40. The summed E-state index contributed by atoms with van der Waals surface area (Å²) in [5, 5.41) is 4.34. The molecular weight excluding hydrogens is 397 g/mol. The van der Waals surface area contributed by atoms with E-state index in [0.29, 0.717) is 0 Å². The minimum atomic E-state index is -3.85. The van der Waals surface area contributed by atoms with Crippen molar-refractivity contribution in [3.8, 4) is 0 Å². The molecule has 0 saturated heterocycles. The highest BCUT2D eigenvalue weighted by atomic mass is 35.5. The van der Waals surface area contributed by atoms with Crippen LogP contribution in [0.3, 0.4) is 0 Å². The highest BCUT2D eigenvalue weighted by Crippen LogP contribution is 2.21. The van der Waals surface area contributed by atoms with Gasteiger partial charge in [-0.2, -0.15) is 0 Å². The number of carbonyl (C=O) groups excluding carboxylic acids is 2. The van der Waals surface area contributed by atoms with E-state index in [-0.39, 0.29) is 15.6 Å². The lowest BCUT2D eigenvalue weighted by molar-refractivity contribution is -0.123. The van der Waals surface area contributed by atoms with Gasteiger partial charge in [-0.25, -0.2) is 17.5 Å². The number of nitrogens with one attached hydrogen (secondary N) is 3. The number of aryl methyl sites for hydroxylation is 1. The summed E-state index contributed by atoms with van der Waals surface area (Å²) in [5.74, 6) is -2.19. The molecule has 0 unspecified atom stereocenters. The van der Waals surface area contributed by atoms with Crippen LogP contribution in [0, 0.1) is 12.7 Å². The summed E-state index contributed by atoms with van der Waals surface area (Å²) < 4.78 is 40.0. The van der Waals surface area contributed by atoms with Gasteiger partial charge in [0.15, 0.2) is 5.82 Å². The van der Waals surface area contributed by atoms with Crippen LogP contribution in [0.1, 0.15) is 5.56 Å². The Labute approximate surface area is 161 Å². The summed E-state index contributed by atoms with van der Waals surface area (Å²) >= 11 is 5.61. The second-order valence-electron chi connectivity index (χ2n) is 5.56. The van der Waals surface area contributed by atoms with Gasteiger partial charge >= 0.3 is 0 Å². The molecule has 0 aliphatic carbocycles. The molecule has 0 atom stereocenters. The van der Waals surface area contributed by atoms with Crippen molar-refractivity contribution in [1.29, 1.82) is 0 Å². The summed E-state index contributed by atoms with van der Waals surface area (Å²) in [6.07, 6.45) is 0. The Kier molecular flexibility index (Phi) is 6.89. The molecule has 2 amide bonds. The maximum atomic E-state index is 13.7. The van der Waals surface area contributed by atoms with E-state index in [0.717, 1.165) is 5.56 Å². The van der Waals surface area contributed by atoms with Gasteiger partial charge in [0.05, 0.1) is 28.7 Å². The molecule has 27 heavy (non-hydrogen) atoms. The molecule has 0 spiro atoms. The molecule has 2 aromatic carbocycles. The second kappa shape index (κ2) is 8.94. The van der Waals surface area contributed by atoms with Gasteiger partial charge in [-0.1, -0.05) is 35.4 Å². The topological polar surface area (TPSA) is 104 Å². The van der Waals surface area contributed by atoms with Crippen molar-refractivity contribution in [2.75, 3.05) is 18.4 Å². The van der Waals surface area contributed by atoms with E-state index in [1.807, 2.05) is 6.92 Å². The average molecular weight is 414 g/mol. The van der Waals surface area contributed by atoms with Crippen LogP contribution in [0.4, 0.5) is 10.1 Å². The van der Waals surface area contributed by atoms with Crippen LogP contribution in [-0.4, -0.2) is 33.3 Å². The quantitative estimate of drug-likeness (QED) is 0.644. The lowest BCUT2D eigenvalue weighted by Gasteiger charge is -2.09. The molecule has 0 radical (unpaired) electrons.